The minimum Gasteiger partial charge on any atom is -0.479 e. The fourth-order valence-corrected chi connectivity index (χ4v) is 1.55. The molecule has 0 radical (unpaired) electrons. The first-order valence-electron chi connectivity index (χ1n) is 4.20. The molecule has 1 atom stereocenters. The average Bonchev–Trinajstić information content (AvgIpc) is 2.56. The summed E-state index contributed by atoms with van der Waals surface area (Å²) in [6.07, 6.45) is 0.942. The Balaban J connectivity index is 2.88. The van der Waals surface area contributed by atoms with Gasteiger partial charge < -0.3 is 14.7 Å². The van der Waals surface area contributed by atoms with Crippen LogP contribution >= 0.6 is 0 Å². The van der Waals surface area contributed by atoms with Gasteiger partial charge in [-0.3, -0.25) is 4.79 Å². The third kappa shape index (κ3) is 1.51. The highest BCUT2D eigenvalue weighted by molar-refractivity contribution is 5.82. The number of amides is 1. The molecule has 0 aromatic carbocycles. The van der Waals surface area contributed by atoms with E-state index in [9.17, 15) is 9.59 Å². The Kier molecular flexibility index (Phi) is 2.87. The van der Waals surface area contributed by atoms with Gasteiger partial charge in [0.2, 0.25) is 6.41 Å². The Bertz CT molecular complexity index is 210. The number of carbonyl (C=O) groups excluding carboxylic acids is 1. The fraction of sp³-hybridized carbons (Fsp3) is 0.750. The van der Waals surface area contributed by atoms with Crippen LogP contribution in [0.25, 0.3) is 0 Å². The van der Waals surface area contributed by atoms with Gasteiger partial charge in [-0.25, -0.2) is 4.79 Å². The SMILES string of the molecule is CCN(C=O)C1(C(=O)O)CCOC1. The highest BCUT2D eigenvalue weighted by atomic mass is 16.5. The molecule has 0 bridgehead atoms. The Labute approximate surface area is 76.3 Å². The number of likely N-dealkylation sites (N-methyl/N-ethyl adjacent to an activating group) is 1. The van der Waals surface area contributed by atoms with E-state index in [4.69, 9.17) is 9.84 Å². The van der Waals surface area contributed by atoms with Crippen molar-refractivity contribution in [3.63, 3.8) is 0 Å². The second kappa shape index (κ2) is 3.74. The summed E-state index contributed by atoms with van der Waals surface area (Å²) < 4.78 is 5.03. The lowest BCUT2D eigenvalue weighted by Crippen LogP contribution is -2.54. The van der Waals surface area contributed by atoms with Crippen LogP contribution in [0, 0.1) is 0 Å². The van der Waals surface area contributed by atoms with Gasteiger partial charge in [-0.05, 0) is 6.92 Å². The monoisotopic (exact) mass is 187 g/mol. The quantitative estimate of drug-likeness (QED) is 0.614. The summed E-state index contributed by atoms with van der Waals surface area (Å²) in [5.41, 5.74) is -1.13. The highest BCUT2D eigenvalue weighted by Crippen LogP contribution is 2.25. The van der Waals surface area contributed by atoms with E-state index in [0.29, 0.717) is 26.0 Å². The Morgan fingerprint density at radius 1 is 1.77 bits per heavy atom. The van der Waals surface area contributed by atoms with Crippen molar-refractivity contribution in [1.29, 1.82) is 0 Å². The molecule has 0 aromatic rings. The van der Waals surface area contributed by atoms with Gasteiger partial charge in [-0.1, -0.05) is 0 Å². The first-order valence-corrected chi connectivity index (χ1v) is 4.20. The fourth-order valence-electron chi connectivity index (χ4n) is 1.55. The second-order valence-corrected chi connectivity index (χ2v) is 3.03. The van der Waals surface area contributed by atoms with Crippen LogP contribution in [-0.4, -0.2) is 47.7 Å². The molecule has 1 heterocycles. The summed E-state index contributed by atoms with van der Waals surface area (Å²) in [5, 5.41) is 9.02. The van der Waals surface area contributed by atoms with E-state index in [1.54, 1.807) is 6.92 Å². The number of aliphatic carboxylic acids is 1. The van der Waals surface area contributed by atoms with Crippen LogP contribution < -0.4 is 0 Å². The maximum absolute atomic E-state index is 11.0. The molecule has 1 unspecified atom stereocenters. The predicted octanol–water partition coefficient (Wildman–Crippen LogP) is -0.292. The topological polar surface area (TPSA) is 66.8 Å². The lowest BCUT2D eigenvalue weighted by molar-refractivity contribution is -0.155. The Morgan fingerprint density at radius 2 is 2.46 bits per heavy atom. The molecular weight excluding hydrogens is 174 g/mol. The molecule has 0 aromatic heterocycles. The van der Waals surface area contributed by atoms with E-state index in [-0.39, 0.29) is 6.61 Å². The van der Waals surface area contributed by atoms with Crippen LogP contribution in [-0.2, 0) is 14.3 Å². The Morgan fingerprint density at radius 3 is 2.77 bits per heavy atom. The summed E-state index contributed by atoms with van der Waals surface area (Å²) in [4.78, 5) is 22.9. The molecule has 13 heavy (non-hydrogen) atoms. The zero-order chi connectivity index (χ0) is 9.90. The van der Waals surface area contributed by atoms with Crippen molar-refractivity contribution in [3.8, 4) is 0 Å². The maximum atomic E-state index is 11.0. The third-order valence-corrected chi connectivity index (χ3v) is 2.42. The van der Waals surface area contributed by atoms with Gasteiger partial charge in [-0.15, -0.1) is 0 Å². The van der Waals surface area contributed by atoms with Gasteiger partial charge in [0.1, 0.15) is 0 Å². The minimum absolute atomic E-state index is 0.0922. The van der Waals surface area contributed by atoms with Crippen molar-refractivity contribution >= 4 is 12.4 Å². The molecule has 0 spiro atoms. The molecule has 0 saturated carbocycles. The minimum atomic E-state index is -1.13. The molecule has 74 valence electrons. The summed E-state index contributed by atoms with van der Waals surface area (Å²) >= 11 is 0. The molecule has 5 heteroatoms. The molecule has 1 fully saturated rings. The third-order valence-electron chi connectivity index (χ3n) is 2.42. The van der Waals surface area contributed by atoms with Crippen LogP contribution in [0.1, 0.15) is 13.3 Å². The van der Waals surface area contributed by atoms with Crippen LogP contribution in [0.4, 0.5) is 0 Å². The molecule has 1 amide bonds. The molecule has 1 aliphatic heterocycles. The molecule has 1 aliphatic rings. The first-order chi connectivity index (χ1) is 6.17. The van der Waals surface area contributed by atoms with Gasteiger partial charge >= 0.3 is 5.97 Å². The molecule has 1 rings (SSSR count). The molecule has 5 nitrogen and oxygen atoms in total. The highest BCUT2D eigenvalue weighted by Gasteiger charge is 2.46. The first kappa shape index (κ1) is 9.98. The zero-order valence-corrected chi connectivity index (χ0v) is 7.52. The van der Waals surface area contributed by atoms with Crippen molar-refractivity contribution in [2.75, 3.05) is 19.8 Å². The van der Waals surface area contributed by atoms with Gasteiger partial charge in [0.05, 0.1) is 6.61 Å². The predicted molar refractivity (Wildman–Crippen MR) is 44.2 cm³/mol. The largest absolute Gasteiger partial charge is 0.479 e. The lowest BCUT2D eigenvalue weighted by Gasteiger charge is -2.32. The second-order valence-electron chi connectivity index (χ2n) is 3.03. The van der Waals surface area contributed by atoms with E-state index in [2.05, 4.69) is 0 Å². The number of carboxylic acid groups (broad SMARTS) is 1. The van der Waals surface area contributed by atoms with Crippen molar-refractivity contribution < 1.29 is 19.4 Å². The number of carbonyl (C=O) groups is 2. The summed E-state index contributed by atoms with van der Waals surface area (Å²) in [6, 6.07) is 0. The standard InChI is InChI=1S/C8H13NO4/c1-2-9(6-10)8(7(11)12)3-4-13-5-8/h6H,2-5H2,1H3,(H,11,12). The van der Waals surface area contributed by atoms with E-state index in [1.807, 2.05) is 0 Å². The number of ether oxygens (including phenoxy) is 1. The average molecular weight is 187 g/mol. The van der Waals surface area contributed by atoms with Gasteiger partial charge in [-0.2, -0.15) is 0 Å². The zero-order valence-electron chi connectivity index (χ0n) is 7.52. The van der Waals surface area contributed by atoms with Crippen molar-refractivity contribution in [2.45, 2.75) is 18.9 Å². The van der Waals surface area contributed by atoms with E-state index >= 15 is 0 Å². The van der Waals surface area contributed by atoms with Crippen molar-refractivity contribution in [3.05, 3.63) is 0 Å². The molecule has 1 saturated heterocycles. The van der Waals surface area contributed by atoms with Crippen LogP contribution in [0.3, 0.4) is 0 Å². The normalized spacial score (nSPS) is 27.2. The molecule has 0 aliphatic carbocycles. The number of carboxylic acids is 1. The van der Waals surface area contributed by atoms with E-state index in [1.165, 1.54) is 4.90 Å². The molecular formula is C8H13NO4. The van der Waals surface area contributed by atoms with Gasteiger partial charge in [0.25, 0.3) is 0 Å². The number of hydrogen-bond donors (Lipinski definition) is 1. The summed E-state index contributed by atoms with van der Waals surface area (Å²) in [5.74, 6) is -0.987. The van der Waals surface area contributed by atoms with Gasteiger partial charge in [0.15, 0.2) is 5.54 Å². The number of nitrogens with zero attached hydrogens (tertiary/aromatic N) is 1. The van der Waals surface area contributed by atoms with Crippen LogP contribution in [0.2, 0.25) is 0 Å². The van der Waals surface area contributed by atoms with Crippen LogP contribution in [0.5, 0.6) is 0 Å². The van der Waals surface area contributed by atoms with Gasteiger partial charge in [0, 0.05) is 19.6 Å². The van der Waals surface area contributed by atoms with Crippen LogP contribution in [0.15, 0.2) is 0 Å². The lowest BCUT2D eigenvalue weighted by atomic mass is 9.97. The number of hydrogen-bond acceptors (Lipinski definition) is 3. The smallest absolute Gasteiger partial charge is 0.332 e. The summed E-state index contributed by atoms with van der Waals surface area (Å²) in [7, 11) is 0. The Hall–Kier alpha value is -1.10. The molecule has 1 N–H and O–H groups in total. The summed E-state index contributed by atoms with van der Waals surface area (Å²) in [6.45, 7) is 2.63. The van der Waals surface area contributed by atoms with Crippen molar-refractivity contribution in [1.82, 2.24) is 4.90 Å². The number of rotatable bonds is 4. The maximum Gasteiger partial charge on any atom is 0.332 e. The van der Waals surface area contributed by atoms with E-state index < -0.39 is 11.5 Å². The van der Waals surface area contributed by atoms with Crippen molar-refractivity contribution in [2.24, 2.45) is 0 Å². The van der Waals surface area contributed by atoms with E-state index in [0.717, 1.165) is 0 Å².